The third-order valence-corrected chi connectivity index (χ3v) is 4.92. The first-order chi connectivity index (χ1) is 9.43. The number of aryl methyl sites for hydroxylation is 2. The van der Waals surface area contributed by atoms with Crippen molar-refractivity contribution < 1.29 is 4.74 Å². The van der Waals surface area contributed by atoms with Crippen LogP contribution in [-0.4, -0.2) is 7.11 Å². The first-order valence-corrected chi connectivity index (χ1v) is 7.46. The van der Waals surface area contributed by atoms with Gasteiger partial charge in [-0.15, -0.1) is 0 Å². The van der Waals surface area contributed by atoms with Crippen molar-refractivity contribution in [1.29, 1.82) is 0 Å². The van der Waals surface area contributed by atoms with Gasteiger partial charge in [0.15, 0.2) is 0 Å². The van der Waals surface area contributed by atoms with Gasteiger partial charge < -0.3 is 10.5 Å². The first-order valence-electron chi connectivity index (χ1n) is 6.29. The highest BCUT2D eigenvalue weighted by Crippen LogP contribution is 2.31. The van der Waals surface area contributed by atoms with Crippen LogP contribution in [0.3, 0.4) is 0 Å². The van der Waals surface area contributed by atoms with Gasteiger partial charge in [-0.3, -0.25) is 0 Å². The van der Waals surface area contributed by atoms with E-state index < -0.39 is 0 Å². The summed E-state index contributed by atoms with van der Waals surface area (Å²) in [4.78, 5) is 0. The minimum absolute atomic E-state index is 0.202. The zero-order valence-corrected chi connectivity index (χ0v) is 14.0. The molecule has 4 heteroatoms. The molecule has 0 radical (unpaired) electrons. The summed E-state index contributed by atoms with van der Waals surface area (Å²) in [6, 6.07) is 9.63. The van der Waals surface area contributed by atoms with Crippen LogP contribution in [0.2, 0.25) is 5.02 Å². The molecule has 0 aromatic heterocycles. The average Bonchev–Trinajstić information content (AvgIpc) is 2.44. The zero-order valence-electron chi connectivity index (χ0n) is 11.7. The quantitative estimate of drug-likeness (QED) is 0.861. The Morgan fingerprint density at radius 3 is 2.25 bits per heavy atom. The van der Waals surface area contributed by atoms with Crippen molar-refractivity contribution in [2.24, 2.45) is 5.73 Å². The van der Waals surface area contributed by atoms with E-state index in [1.165, 1.54) is 11.1 Å². The van der Waals surface area contributed by atoms with E-state index in [0.717, 1.165) is 15.6 Å². The molecule has 1 atom stereocenters. The lowest BCUT2D eigenvalue weighted by atomic mass is 9.96. The highest BCUT2D eigenvalue weighted by Gasteiger charge is 2.13. The summed E-state index contributed by atoms with van der Waals surface area (Å²) < 4.78 is 6.37. The molecule has 20 heavy (non-hydrogen) atoms. The van der Waals surface area contributed by atoms with Crippen LogP contribution in [0.15, 0.2) is 34.8 Å². The molecule has 0 aliphatic heterocycles. The summed E-state index contributed by atoms with van der Waals surface area (Å²) in [6.45, 7) is 4.13. The van der Waals surface area contributed by atoms with Crippen molar-refractivity contribution in [3.8, 4) is 5.75 Å². The van der Waals surface area contributed by atoms with Crippen molar-refractivity contribution in [2.75, 3.05) is 7.11 Å². The lowest BCUT2D eigenvalue weighted by Gasteiger charge is -2.16. The molecular formula is C16H17BrClNO. The maximum atomic E-state index is 6.36. The molecule has 2 rings (SSSR count). The Balaban J connectivity index is 2.43. The maximum absolute atomic E-state index is 6.36. The van der Waals surface area contributed by atoms with Gasteiger partial charge >= 0.3 is 0 Å². The second kappa shape index (κ2) is 6.17. The highest BCUT2D eigenvalue weighted by atomic mass is 79.9. The number of halogens is 2. The lowest BCUT2D eigenvalue weighted by Crippen LogP contribution is -2.12. The summed E-state index contributed by atoms with van der Waals surface area (Å²) in [5, 5.41) is 0.589. The van der Waals surface area contributed by atoms with Crippen molar-refractivity contribution >= 4 is 27.5 Å². The average molecular weight is 355 g/mol. The molecule has 0 heterocycles. The third kappa shape index (κ3) is 3.00. The topological polar surface area (TPSA) is 35.2 Å². The predicted octanol–water partition coefficient (Wildman–Crippen LogP) is 4.78. The number of benzene rings is 2. The fraction of sp³-hybridized carbons (Fsp3) is 0.250. The Kier molecular flexibility index (Phi) is 4.74. The smallest absolute Gasteiger partial charge is 0.137 e. The first kappa shape index (κ1) is 15.4. The van der Waals surface area contributed by atoms with E-state index in [1.807, 2.05) is 18.2 Å². The summed E-state index contributed by atoms with van der Waals surface area (Å²) in [5.41, 5.74) is 10.8. The number of rotatable bonds is 3. The minimum atomic E-state index is -0.202. The number of methoxy groups -OCH3 is 1. The Morgan fingerprint density at radius 1 is 1.10 bits per heavy atom. The van der Waals surface area contributed by atoms with Gasteiger partial charge in [-0.2, -0.15) is 0 Å². The molecule has 2 aromatic rings. The maximum Gasteiger partial charge on any atom is 0.137 e. The van der Waals surface area contributed by atoms with Crippen LogP contribution in [0.25, 0.3) is 0 Å². The monoisotopic (exact) mass is 353 g/mol. The molecule has 2 nitrogen and oxygen atoms in total. The summed E-state index contributed by atoms with van der Waals surface area (Å²) in [5.74, 6) is 0.644. The summed E-state index contributed by atoms with van der Waals surface area (Å²) in [6.07, 6.45) is 0. The van der Waals surface area contributed by atoms with Crippen LogP contribution in [-0.2, 0) is 0 Å². The van der Waals surface area contributed by atoms with Gasteiger partial charge in [0.25, 0.3) is 0 Å². The molecule has 2 aromatic carbocycles. The van der Waals surface area contributed by atoms with Crippen molar-refractivity contribution in [1.82, 2.24) is 0 Å². The molecule has 1 unspecified atom stereocenters. The van der Waals surface area contributed by atoms with Crippen molar-refractivity contribution in [3.05, 3.63) is 62.1 Å². The largest absolute Gasteiger partial charge is 0.495 e. The van der Waals surface area contributed by atoms with E-state index in [0.29, 0.717) is 10.8 Å². The van der Waals surface area contributed by atoms with Gasteiger partial charge in [0.1, 0.15) is 5.75 Å². The minimum Gasteiger partial charge on any atom is -0.495 e. The second-order valence-corrected chi connectivity index (χ2v) is 6.04. The molecule has 2 N–H and O–H groups in total. The third-order valence-electron chi connectivity index (χ3n) is 3.35. The summed E-state index contributed by atoms with van der Waals surface area (Å²) >= 11 is 9.62. The van der Waals surface area contributed by atoms with E-state index in [9.17, 15) is 0 Å². The fourth-order valence-electron chi connectivity index (χ4n) is 2.22. The molecule has 0 amide bonds. The van der Waals surface area contributed by atoms with E-state index in [4.69, 9.17) is 22.1 Å². The Bertz CT molecular complexity index is 619. The Labute approximate surface area is 133 Å². The zero-order chi connectivity index (χ0) is 14.9. The van der Waals surface area contributed by atoms with Gasteiger partial charge in [-0.05, 0) is 48.2 Å². The second-order valence-electron chi connectivity index (χ2n) is 4.84. The van der Waals surface area contributed by atoms with E-state index in [1.54, 1.807) is 7.11 Å². The van der Waals surface area contributed by atoms with Crippen LogP contribution in [0.5, 0.6) is 5.75 Å². The van der Waals surface area contributed by atoms with Gasteiger partial charge in [0, 0.05) is 4.47 Å². The highest BCUT2D eigenvalue weighted by molar-refractivity contribution is 9.10. The van der Waals surface area contributed by atoms with Crippen LogP contribution < -0.4 is 10.5 Å². The predicted molar refractivity (Wildman–Crippen MR) is 87.7 cm³/mol. The molecule has 0 bridgehead atoms. The molecule has 106 valence electrons. The van der Waals surface area contributed by atoms with Crippen LogP contribution >= 0.6 is 27.5 Å². The fourth-order valence-corrected chi connectivity index (χ4v) is 2.64. The SMILES string of the molecule is COc1cc(C(N)c2cc(C)c(Br)c(C)c2)ccc1Cl. The lowest BCUT2D eigenvalue weighted by molar-refractivity contribution is 0.414. The Hall–Kier alpha value is -1.03. The molecule has 0 saturated heterocycles. The van der Waals surface area contributed by atoms with E-state index >= 15 is 0 Å². The van der Waals surface area contributed by atoms with Gasteiger partial charge in [0.05, 0.1) is 18.2 Å². The van der Waals surface area contributed by atoms with Crippen LogP contribution in [0.4, 0.5) is 0 Å². The molecule has 0 aliphatic rings. The molecule has 0 aliphatic carbocycles. The molecule has 0 spiro atoms. The molecule has 0 saturated carbocycles. The van der Waals surface area contributed by atoms with Gasteiger partial charge in [0.2, 0.25) is 0 Å². The number of nitrogens with two attached hydrogens (primary N) is 1. The molecular weight excluding hydrogens is 338 g/mol. The number of hydrogen-bond donors (Lipinski definition) is 1. The normalized spacial score (nSPS) is 12.3. The Morgan fingerprint density at radius 2 is 1.70 bits per heavy atom. The van der Waals surface area contributed by atoms with Crippen LogP contribution in [0, 0.1) is 13.8 Å². The number of hydrogen-bond acceptors (Lipinski definition) is 2. The van der Waals surface area contributed by atoms with E-state index in [-0.39, 0.29) is 6.04 Å². The van der Waals surface area contributed by atoms with Gasteiger partial charge in [-0.25, -0.2) is 0 Å². The van der Waals surface area contributed by atoms with Crippen molar-refractivity contribution in [3.63, 3.8) is 0 Å². The van der Waals surface area contributed by atoms with Crippen molar-refractivity contribution in [2.45, 2.75) is 19.9 Å². The molecule has 0 fully saturated rings. The number of ether oxygens (including phenoxy) is 1. The van der Waals surface area contributed by atoms with Crippen LogP contribution in [0.1, 0.15) is 28.3 Å². The van der Waals surface area contributed by atoms with Gasteiger partial charge in [-0.1, -0.05) is 45.7 Å². The van der Waals surface area contributed by atoms with E-state index in [2.05, 4.69) is 41.9 Å². The summed E-state index contributed by atoms with van der Waals surface area (Å²) in [7, 11) is 1.60. The standard InChI is InChI=1S/C16H17BrClNO/c1-9-6-12(7-10(2)15(9)17)16(19)11-4-5-13(18)14(8-11)20-3/h4-8,16H,19H2,1-3H3.